The van der Waals surface area contributed by atoms with Gasteiger partial charge in [-0.3, -0.25) is 9.59 Å². The van der Waals surface area contributed by atoms with Crippen molar-refractivity contribution in [2.75, 3.05) is 17.7 Å². The third-order valence-electron chi connectivity index (χ3n) is 6.21. The zero-order valence-corrected chi connectivity index (χ0v) is 17.5. The molecular formula is C21H24FN7O3. The van der Waals surface area contributed by atoms with Gasteiger partial charge in [-0.15, -0.1) is 0 Å². The number of halogens is 1. The Labute approximate surface area is 182 Å². The standard InChI is InChI=1S/C21H24FN7O3/c1-23-18-9-17(25-15-3-2-6-28(21(15)32)12-7-11(22)8-12)27-19-13(10-24-29(18)19)20(31)26-14-4-5-16(14)30/h2-3,6,9-12,14,16,23,30H,4-5,7-8H2,1H3,(H,25,27)(H,26,31)/t11?,12?,14-,16+/m0/s1. The molecule has 0 radical (unpaired) electrons. The Morgan fingerprint density at radius 3 is 2.78 bits per heavy atom. The summed E-state index contributed by atoms with van der Waals surface area (Å²) < 4.78 is 16.3. The topological polar surface area (TPSA) is 126 Å². The van der Waals surface area contributed by atoms with Gasteiger partial charge in [0, 0.05) is 25.4 Å². The first kappa shape index (κ1) is 20.4. The normalized spacial score (nSPS) is 24.5. The molecule has 11 heteroatoms. The fraction of sp³-hybridized carbons (Fsp3) is 0.429. The summed E-state index contributed by atoms with van der Waals surface area (Å²) in [6.07, 6.45) is 3.74. The predicted octanol–water partition coefficient (Wildman–Crippen LogP) is 1.60. The average molecular weight is 441 g/mol. The zero-order chi connectivity index (χ0) is 22.4. The fourth-order valence-corrected chi connectivity index (χ4v) is 4.04. The molecule has 3 aromatic rings. The van der Waals surface area contributed by atoms with Gasteiger partial charge in [-0.25, -0.2) is 9.37 Å². The van der Waals surface area contributed by atoms with Crippen LogP contribution in [0.15, 0.2) is 35.4 Å². The number of fused-ring (bicyclic) bond motifs is 1. The molecule has 1 amide bonds. The second-order valence-electron chi connectivity index (χ2n) is 8.28. The van der Waals surface area contributed by atoms with Crippen LogP contribution in [0.3, 0.4) is 0 Å². The van der Waals surface area contributed by atoms with E-state index < -0.39 is 12.3 Å². The maximum absolute atomic E-state index is 13.3. The van der Waals surface area contributed by atoms with Gasteiger partial charge in [0.05, 0.1) is 18.3 Å². The molecule has 32 heavy (non-hydrogen) atoms. The third kappa shape index (κ3) is 3.48. The Bertz CT molecular complexity index is 1230. The van der Waals surface area contributed by atoms with Crippen LogP contribution in [0.4, 0.5) is 21.7 Å². The summed E-state index contributed by atoms with van der Waals surface area (Å²) in [6, 6.07) is 4.62. The number of hydrogen-bond donors (Lipinski definition) is 4. The summed E-state index contributed by atoms with van der Waals surface area (Å²) in [5.41, 5.74) is 0.610. The van der Waals surface area contributed by atoms with Crippen LogP contribution in [0.5, 0.6) is 0 Å². The Morgan fingerprint density at radius 2 is 2.12 bits per heavy atom. The number of rotatable bonds is 6. The number of hydrogen-bond acceptors (Lipinski definition) is 7. The van der Waals surface area contributed by atoms with Crippen molar-refractivity contribution in [3.05, 3.63) is 46.5 Å². The number of amides is 1. The van der Waals surface area contributed by atoms with Crippen molar-refractivity contribution in [3.8, 4) is 0 Å². The Balaban J connectivity index is 1.46. The Hall–Kier alpha value is -3.47. The van der Waals surface area contributed by atoms with Crippen molar-refractivity contribution in [1.82, 2.24) is 24.5 Å². The molecule has 2 fully saturated rings. The number of aliphatic hydroxyl groups is 1. The van der Waals surface area contributed by atoms with Gasteiger partial charge in [-0.1, -0.05) is 0 Å². The summed E-state index contributed by atoms with van der Waals surface area (Å²) in [6.45, 7) is 0. The van der Waals surface area contributed by atoms with Crippen molar-refractivity contribution in [3.63, 3.8) is 0 Å². The molecule has 168 valence electrons. The quantitative estimate of drug-likeness (QED) is 0.458. The molecule has 0 saturated heterocycles. The fourth-order valence-electron chi connectivity index (χ4n) is 4.04. The van der Waals surface area contributed by atoms with E-state index in [1.807, 2.05) is 0 Å². The molecule has 0 spiro atoms. The van der Waals surface area contributed by atoms with E-state index >= 15 is 0 Å². The van der Waals surface area contributed by atoms with Crippen molar-refractivity contribution in [1.29, 1.82) is 0 Å². The van der Waals surface area contributed by atoms with Crippen LogP contribution in [-0.4, -0.2) is 55.5 Å². The van der Waals surface area contributed by atoms with E-state index in [0.717, 1.165) is 6.42 Å². The summed E-state index contributed by atoms with van der Waals surface area (Å²) in [7, 11) is 1.71. The Kier molecular flexibility index (Phi) is 5.04. The number of nitrogens with one attached hydrogen (secondary N) is 3. The maximum Gasteiger partial charge on any atom is 0.274 e. The minimum Gasteiger partial charge on any atom is -0.391 e. The number of anilines is 3. The highest BCUT2D eigenvalue weighted by molar-refractivity contribution is 6.00. The molecule has 0 bridgehead atoms. The van der Waals surface area contributed by atoms with E-state index in [0.29, 0.717) is 42.2 Å². The van der Waals surface area contributed by atoms with Gasteiger partial charge in [0.1, 0.15) is 29.1 Å². The van der Waals surface area contributed by atoms with E-state index in [1.165, 1.54) is 15.3 Å². The number of aliphatic hydroxyl groups excluding tert-OH is 1. The highest BCUT2D eigenvalue weighted by Gasteiger charge is 2.32. The van der Waals surface area contributed by atoms with Gasteiger partial charge < -0.3 is 25.6 Å². The predicted molar refractivity (Wildman–Crippen MR) is 116 cm³/mol. The number of carbonyl (C=O) groups is 1. The molecule has 2 atom stereocenters. The number of carbonyl (C=O) groups excluding carboxylic acids is 1. The van der Waals surface area contributed by atoms with Gasteiger partial charge in [-0.2, -0.15) is 9.61 Å². The smallest absolute Gasteiger partial charge is 0.274 e. The molecule has 0 aromatic carbocycles. The van der Waals surface area contributed by atoms with Crippen molar-refractivity contribution in [2.24, 2.45) is 0 Å². The van der Waals surface area contributed by atoms with E-state index in [-0.39, 0.29) is 29.1 Å². The minimum absolute atomic E-state index is 0.144. The monoisotopic (exact) mass is 441 g/mol. The highest BCUT2D eigenvalue weighted by Crippen LogP contribution is 2.33. The molecule has 10 nitrogen and oxygen atoms in total. The van der Waals surface area contributed by atoms with Crippen LogP contribution in [-0.2, 0) is 0 Å². The van der Waals surface area contributed by atoms with E-state index in [9.17, 15) is 19.1 Å². The maximum atomic E-state index is 13.3. The SMILES string of the molecule is CNc1cc(Nc2cccn(C3CC(F)C3)c2=O)nc2c(C(=O)N[C@H]3CC[C@H]3O)cnn12. The molecule has 2 saturated carbocycles. The minimum atomic E-state index is -0.863. The van der Waals surface area contributed by atoms with Crippen LogP contribution in [0.2, 0.25) is 0 Å². The molecule has 4 N–H and O–H groups in total. The van der Waals surface area contributed by atoms with Gasteiger partial charge in [-0.05, 0) is 37.8 Å². The molecular weight excluding hydrogens is 417 g/mol. The van der Waals surface area contributed by atoms with E-state index in [1.54, 1.807) is 31.4 Å². The second-order valence-corrected chi connectivity index (χ2v) is 8.28. The lowest BCUT2D eigenvalue weighted by Gasteiger charge is -2.32. The largest absolute Gasteiger partial charge is 0.391 e. The molecule has 3 aromatic heterocycles. The lowest BCUT2D eigenvalue weighted by Crippen LogP contribution is -2.50. The van der Waals surface area contributed by atoms with Gasteiger partial charge >= 0.3 is 0 Å². The highest BCUT2D eigenvalue weighted by atomic mass is 19.1. The average Bonchev–Trinajstić information content (AvgIpc) is 3.19. The first-order valence-electron chi connectivity index (χ1n) is 10.6. The van der Waals surface area contributed by atoms with Crippen LogP contribution in [0.25, 0.3) is 5.65 Å². The lowest BCUT2D eigenvalue weighted by molar-refractivity contribution is 0.0448. The van der Waals surface area contributed by atoms with Crippen LogP contribution in [0, 0.1) is 0 Å². The first-order chi connectivity index (χ1) is 15.4. The van der Waals surface area contributed by atoms with E-state index in [2.05, 4.69) is 26.0 Å². The number of aromatic nitrogens is 4. The summed E-state index contributed by atoms with van der Waals surface area (Å²) in [5.74, 6) is 0.547. The van der Waals surface area contributed by atoms with Crippen LogP contribution < -0.4 is 21.5 Å². The van der Waals surface area contributed by atoms with Gasteiger partial charge in [0.15, 0.2) is 5.65 Å². The summed E-state index contributed by atoms with van der Waals surface area (Å²) in [4.78, 5) is 30.1. The van der Waals surface area contributed by atoms with Crippen molar-refractivity contribution >= 4 is 28.9 Å². The molecule has 0 aliphatic heterocycles. The first-order valence-corrected chi connectivity index (χ1v) is 10.6. The zero-order valence-electron chi connectivity index (χ0n) is 17.5. The molecule has 2 aliphatic carbocycles. The number of pyridine rings is 1. The number of alkyl halides is 1. The summed E-state index contributed by atoms with van der Waals surface area (Å²) in [5, 5.41) is 22.9. The third-order valence-corrected chi connectivity index (χ3v) is 6.21. The lowest BCUT2D eigenvalue weighted by atomic mass is 9.89. The van der Waals surface area contributed by atoms with Crippen LogP contribution >= 0.6 is 0 Å². The second kappa shape index (κ2) is 7.90. The van der Waals surface area contributed by atoms with Gasteiger partial charge in [0.25, 0.3) is 11.5 Å². The van der Waals surface area contributed by atoms with Crippen molar-refractivity contribution < 1.29 is 14.3 Å². The number of nitrogens with zero attached hydrogens (tertiary/aromatic N) is 4. The molecule has 0 unspecified atom stereocenters. The Morgan fingerprint density at radius 1 is 1.31 bits per heavy atom. The molecule has 5 rings (SSSR count). The molecule has 2 aliphatic rings. The van der Waals surface area contributed by atoms with E-state index in [4.69, 9.17) is 0 Å². The van der Waals surface area contributed by atoms with Crippen LogP contribution in [0.1, 0.15) is 42.1 Å². The van der Waals surface area contributed by atoms with Crippen molar-refractivity contribution in [2.45, 2.75) is 50.0 Å². The molecule has 3 heterocycles. The summed E-state index contributed by atoms with van der Waals surface area (Å²) >= 11 is 0. The van der Waals surface area contributed by atoms with Gasteiger partial charge in [0.2, 0.25) is 0 Å².